The first-order valence-electron chi connectivity index (χ1n) is 14.7. The molecule has 8 atom stereocenters. The molecule has 0 heterocycles. The van der Waals surface area contributed by atoms with Gasteiger partial charge in [0.15, 0.2) is 9.84 Å². The summed E-state index contributed by atoms with van der Waals surface area (Å²) in [6.45, 7) is 16.2. The minimum Gasteiger partial charge on any atom is -0.377 e. The number of hydrogen-bond acceptors (Lipinski definition) is 3. The molecule has 35 heavy (non-hydrogen) atoms. The Bertz CT molecular complexity index is 889. The van der Waals surface area contributed by atoms with Crippen molar-refractivity contribution in [2.24, 2.45) is 46.3 Å². The van der Waals surface area contributed by atoms with Gasteiger partial charge in [0, 0.05) is 5.41 Å². The molecule has 0 radical (unpaired) electrons. The van der Waals surface area contributed by atoms with E-state index in [1.807, 2.05) is 0 Å². The van der Waals surface area contributed by atoms with Crippen LogP contribution in [0.5, 0.6) is 0 Å². The maximum absolute atomic E-state index is 11.7. The van der Waals surface area contributed by atoms with Crippen molar-refractivity contribution in [2.75, 3.05) is 12.4 Å². The van der Waals surface area contributed by atoms with Crippen LogP contribution in [-0.2, 0) is 14.6 Å². The van der Waals surface area contributed by atoms with Gasteiger partial charge in [-0.2, -0.15) is 0 Å². The second-order valence-electron chi connectivity index (χ2n) is 13.6. The summed E-state index contributed by atoms with van der Waals surface area (Å²) in [6, 6.07) is 0. The number of hydrogen-bond donors (Lipinski definition) is 0. The lowest BCUT2D eigenvalue weighted by molar-refractivity contribution is -0.0629. The fourth-order valence-corrected chi connectivity index (χ4v) is 9.70. The topological polar surface area (TPSA) is 43.4 Å². The van der Waals surface area contributed by atoms with Gasteiger partial charge in [-0.05, 0) is 97.7 Å². The van der Waals surface area contributed by atoms with Crippen LogP contribution in [-0.4, -0.2) is 26.9 Å². The molecule has 3 saturated carbocycles. The second kappa shape index (κ2) is 10.6. The molecule has 0 spiro atoms. The predicted molar refractivity (Wildman–Crippen MR) is 147 cm³/mol. The Labute approximate surface area is 216 Å². The van der Waals surface area contributed by atoms with Crippen LogP contribution in [0.25, 0.3) is 0 Å². The van der Waals surface area contributed by atoms with Crippen molar-refractivity contribution >= 4 is 9.84 Å². The Kier molecular flexibility index (Phi) is 8.33. The molecular formula is C31H52O3S. The highest BCUT2D eigenvalue weighted by Crippen LogP contribution is 2.67. The van der Waals surface area contributed by atoms with Crippen molar-refractivity contribution in [1.29, 1.82) is 0 Å². The molecule has 4 aliphatic carbocycles. The number of rotatable bonds is 10. The van der Waals surface area contributed by atoms with Crippen molar-refractivity contribution < 1.29 is 13.2 Å². The molecule has 4 aliphatic rings. The monoisotopic (exact) mass is 504 g/mol. The predicted octanol–water partition coefficient (Wildman–Crippen LogP) is 7.97. The normalized spacial score (nSPS) is 39.9. The van der Waals surface area contributed by atoms with Crippen LogP contribution < -0.4 is 0 Å². The van der Waals surface area contributed by atoms with Crippen molar-refractivity contribution in [3.05, 3.63) is 23.6 Å². The highest BCUT2D eigenvalue weighted by molar-refractivity contribution is 7.94. The van der Waals surface area contributed by atoms with Crippen molar-refractivity contribution in [3.63, 3.8) is 0 Å². The lowest BCUT2D eigenvalue weighted by Crippen LogP contribution is -2.51. The van der Waals surface area contributed by atoms with Gasteiger partial charge in [-0.15, -0.1) is 0 Å². The van der Waals surface area contributed by atoms with Crippen molar-refractivity contribution in [3.8, 4) is 0 Å². The zero-order valence-electron chi connectivity index (χ0n) is 23.2. The minimum atomic E-state index is -3.18. The van der Waals surface area contributed by atoms with E-state index >= 15 is 0 Å². The number of sulfone groups is 1. The summed E-state index contributed by atoms with van der Waals surface area (Å²) in [5.41, 5.74) is 2.47. The van der Waals surface area contributed by atoms with Gasteiger partial charge >= 0.3 is 0 Å². The summed E-state index contributed by atoms with van der Waals surface area (Å²) in [5, 5.41) is 1.05. The van der Waals surface area contributed by atoms with Crippen LogP contribution in [0.3, 0.4) is 0 Å². The molecule has 3 nitrogen and oxygen atoms in total. The summed E-state index contributed by atoms with van der Waals surface area (Å²) >= 11 is 0. The van der Waals surface area contributed by atoms with E-state index in [0.717, 1.165) is 53.8 Å². The lowest BCUT2D eigenvalue weighted by Gasteiger charge is -2.58. The van der Waals surface area contributed by atoms with Gasteiger partial charge in [0.05, 0.1) is 18.5 Å². The molecule has 200 valence electrons. The van der Waals surface area contributed by atoms with Crippen LogP contribution >= 0.6 is 0 Å². The third kappa shape index (κ3) is 5.49. The SMILES string of the molecule is C=CS(=O)(=O)CCOC1CCC2(C)C(=CCC3C2CCC2(C)C(C(C)CCCC(C)C)CCC32)C1. The maximum atomic E-state index is 11.7. The summed E-state index contributed by atoms with van der Waals surface area (Å²) in [6.07, 6.45) is 17.2. The van der Waals surface area contributed by atoms with Gasteiger partial charge < -0.3 is 4.74 Å². The maximum Gasteiger partial charge on any atom is 0.173 e. The average molecular weight is 505 g/mol. The molecule has 0 amide bonds. The zero-order chi connectivity index (χ0) is 25.4. The third-order valence-electron chi connectivity index (χ3n) is 11.2. The number of allylic oxidation sites excluding steroid dienone is 1. The van der Waals surface area contributed by atoms with E-state index in [2.05, 4.69) is 47.3 Å². The molecule has 0 bridgehead atoms. The van der Waals surface area contributed by atoms with Gasteiger partial charge in [-0.25, -0.2) is 8.42 Å². The highest BCUT2D eigenvalue weighted by atomic mass is 32.2. The molecule has 0 aromatic heterocycles. The summed E-state index contributed by atoms with van der Waals surface area (Å²) in [5.74, 6) is 5.22. The average Bonchev–Trinajstić information content (AvgIpc) is 3.16. The summed E-state index contributed by atoms with van der Waals surface area (Å²) < 4.78 is 29.5. The Morgan fingerprint density at radius 2 is 1.86 bits per heavy atom. The first-order valence-corrected chi connectivity index (χ1v) is 16.4. The number of fused-ring (bicyclic) bond motifs is 5. The Hall–Kier alpha value is -0.610. The standard InChI is InChI=1S/C31H52O3S/c1-7-35(32,33)20-19-34-25-15-17-30(5)24(21-25)11-12-26-28-14-13-27(23(4)10-8-9-22(2)3)31(28,6)18-16-29(26)30/h7,11,22-23,25-29H,1,8-10,12-21H2,2-6H3. The molecule has 0 saturated heterocycles. The number of ether oxygens (including phenoxy) is 1. The molecule has 8 unspecified atom stereocenters. The fraction of sp³-hybridized carbons (Fsp3) is 0.871. The van der Waals surface area contributed by atoms with Crippen molar-refractivity contribution in [2.45, 2.75) is 111 Å². The van der Waals surface area contributed by atoms with E-state index in [1.54, 1.807) is 5.57 Å². The summed E-state index contributed by atoms with van der Waals surface area (Å²) in [7, 11) is -3.18. The van der Waals surface area contributed by atoms with E-state index in [4.69, 9.17) is 4.74 Å². The van der Waals surface area contributed by atoms with E-state index in [1.165, 1.54) is 57.8 Å². The quantitative estimate of drug-likeness (QED) is 0.283. The molecule has 3 fully saturated rings. The Morgan fingerprint density at radius 1 is 1.09 bits per heavy atom. The van der Waals surface area contributed by atoms with E-state index in [0.29, 0.717) is 10.8 Å². The molecule has 4 heteroatoms. The van der Waals surface area contributed by atoms with Crippen LogP contribution in [0.15, 0.2) is 23.6 Å². The molecule has 0 aliphatic heterocycles. The van der Waals surface area contributed by atoms with Crippen LogP contribution in [0.2, 0.25) is 0 Å². The third-order valence-corrected chi connectivity index (χ3v) is 12.5. The van der Waals surface area contributed by atoms with E-state index in [-0.39, 0.29) is 18.5 Å². The van der Waals surface area contributed by atoms with Crippen molar-refractivity contribution in [1.82, 2.24) is 0 Å². The zero-order valence-corrected chi connectivity index (χ0v) is 24.0. The second-order valence-corrected chi connectivity index (χ2v) is 15.6. The van der Waals surface area contributed by atoms with Gasteiger partial charge in [-0.3, -0.25) is 0 Å². The first-order chi connectivity index (χ1) is 16.5. The van der Waals surface area contributed by atoms with Crippen LogP contribution in [0.1, 0.15) is 105 Å². The smallest absolute Gasteiger partial charge is 0.173 e. The first kappa shape index (κ1) is 27.4. The molecule has 0 aromatic rings. The highest BCUT2D eigenvalue weighted by Gasteiger charge is 2.59. The largest absolute Gasteiger partial charge is 0.377 e. The minimum absolute atomic E-state index is 0.0470. The van der Waals surface area contributed by atoms with Gasteiger partial charge in [0.25, 0.3) is 0 Å². The molecule has 0 N–H and O–H groups in total. The lowest BCUT2D eigenvalue weighted by atomic mass is 9.47. The Balaban J connectivity index is 1.40. The fourth-order valence-electron chi connectivity index (χ4n) is 9.21. The molecular weight excluding hydrogens is 452 g/mol. The van der Waals surface area contributed by atoms with Gasteiger partial charge in [0.2, 0.25) is 0 Å². The Morgan fingerprint density at radius 3 is 2.57 bits per heavy atom. The van der Waals surface area contributed by atoms with Gasteiger partial charge in [0.1, 0.15) is 0 Å². The van der Waals surface area contributed by atoms with Crippen LogP contribution in [0.4, 0.5) is 0 Å². The molecule has 4 rings (SSSR count). The van der Waals surface area contributed by atoms with Crippen LogP contribution in [0, 0.1) is 46.3 Å². The van der Waals surface area contributed by atoms with E-state index in [9.17, 15) is 8.42 Å². The van der Waals surface area contributed by atoms with E-state index < -0.39 is 9.84 Å². The van der Waals surface area contributed by atoms with Gasteiger partial charge in [-0.1, -0.05) is 72.1 Å². The molecule has 0 aromatic carbocycles. The summed E-state index contributed by atoms with van der Waals surface area (Å²) in [4.78, 5) is 0.